The van der Waals surface area contributed by atoms with Gasteiger partial charge in [0.15, 0.2) is 14.5 Å². The number of hydrogen-bond acceptors (Lipinski definition) is 0. The summed E-state index contributed by atoms with van der Waals surface area (Å²) in [6.07, 6.45) is 2.35. The molecule has 0 heterocycles. The van der Waals surface area contributed by atoms with Gasteiger partial charge >= 0.3 is 0 Å². The molecule has 45 heavy (non-hydrogen) atoms. The highest BCUT2D eigenvalue weighted by atomic mass is 35.5. The van der Waals surface area contributed by atoms with Crippen LogP contribution in [-0.4, -0.2) is 10.2 Å². The Balaban J connectivity index is 1.96. The first kappa shape index (κ1) is 31.5. The van der Waals surface area contributed by atoms with Crippen molar-refractivity contribution in [2.24, 2.45) is 0 Å². The minimum absolute atomic E-state index is 0.380. The molecule has 0 N–H and O–H groups in total. The highest BCUT2D eigenvalue weighted by Gasteiger charge is 2.78. The molecule has 0 saturated heterocycles. The zero-order chi connectivity index (χ0) is 31.2. The monoisotopic (exact) mass is 660 g/mol. The van der Waals surface area contributed by atoms with Crippen molar-refractivity contribution < 1.29 is 0 Å². The first-order valence-corrected chi connectivity index (χ1v) is 19.6. The molecule has 0 aromatic heterocycles. The molecule has 6 rings (SSSR count). The lowest BCUT2D eigenvalue weighted by atomic mass is 10.3. The van der Waals surface area contributed by atoms with Gasteiger partial charge in [-0.15, -0.1) is 11.6 Å². The Morgan fingerprint density at radius 3 is 0.822 bits per heavy atom. The average Bonchev–Trinajstić information content (AvgIpc) is 3.12. The maximum absolute atomic E-state index is 9.03. The molecule has 0 nitrogen and oxygen atoms in total. The SMILES string of the molecule is CC(=CC(Cl)([P+](c1ccccc1)(c1ccccc1)c1ccccc1)[P+](c1ccccc1)(c1ccccc1)c1ccccc1)CCl. The number of allylic oxidation sites excluding steroid dienone is 2. The van der Waals surface area contributed by atoms with E-state index >= 15 is 0 Å². The Morgan fingerprint density at radius 2 is 0.644 bits per heavy atom. The number of alkyl halides is 2. The van der Waals surface area contributed by atoms with Crippen molar-refractivity contribution in [3.63, 3.8) is 0 Å². The van der Waals surface area contributed by atoms with E-state index in [-0.39, 0.29) is 0 Å². The lowest BCUT2D eigenvalue weighted by Crippen LogP contribution is -2.52. The van der Waals surface area contributed by atoms with Gasteiger partial charge in [0.1, 0.15) is 31.8 Å². The van der Waals surface area contributed by atoms with E-state index in [0.717, 1.165) is 5.57 Å². The minimum Gasteiger partial charge on any atom is -0.122 e. The van der Waals surface area contributed by atoms with Crippen molar-refractivity contribution in [2.75, 3.05) is 5.88 Å². The summed E-state index contributed by atoms with van der Waals surface area (Å²) in [6, 6.07) is 65.8. The number of hydrogen-bond donors (Lipinski definition) is 0. The molecule has 0 unspecified atom stereocenters. The van der Waals surface area contributed by atoms with Crippen molar-refractivity contribution in [3.8, 4) is 0 Å². The second-order valence-electron chi connectivity index (χ2n) is 11.1. The molecule has 0 aliphatic heterocycles. The molecule has 0 radical (unpaired) electrons. The van der Waals surface area contributed by atoms with Crippen LogP contribution in [0.2, 0.25) is 0 Å². The van der Waals surface area contributed by atoms with Crippen LogP contribution in [-0.2, 0) is 0 Å². The predicted molar refractivity (Wildman–Crippen MR) is 203 cm³/mol. The van der Waals surface area contributed by atoms with Crippen LogP contribution in [0, 0.1) is 0 Å². The van der Waals surface area contributed by atoms with Gasteiger partial charge in [-0.2, -0.15) is 0 Å². The van der Waals surface area contributed by atoms with E-state index in [9.17, 15) is 0 Å². The largest absolute Gasteiger partial charge is 0.295 e. The van der Waals surface area contributed by atoms with E-state index in [2.05, 4.69) is 195 Å². The summed E-state index contributed by atoms with van der Waals surface area (Å²) >= 11 is 15.8. The summed E-state index contributed by atoms with van der Waals surface area (Å²) in [6.45, 7) is 2.12. The van der Waals surface area contributed by atoms with Crippen LogP contribution < -0.4 is 31.8 Å². The molecular formula is C41H36Cl2P2+2. The molecule has 0 amide bonds. The number of halogens is 2. The summed E-state index contributed by atoms with van der Waals surface area (Å²) in [5, 5.41) is 7.35. The van der Waals surface area contributed by atoms with Gasteiger partial charge in [-0.3, -0.25) is 0 Å². The second kappa shape index (κ2) is 13.9. The molecule has 222 valence electrons. The van der Waals surface area contributed by atoms with Gasteiger partial charge in [0, 0.05) is 12.0 Å². The third-order valence-corrected chi connectivity index (χ3v) is 20.9. The molecule has 6 aromatic carbocycles. The normalized spacial score (nSPS) is 12.6. The minimum atomic E-state index is -2.78. The second-order valence-corrected chi connectivity index (χ2v) is 20.1. The van der Waals surface area contributed by atoms with Gasteiger partial charge in [0.25, 0.3) is 4.36 Å². The van der Waals surface area contributed by atoms with Crippen LogP contribution in [0.4, 0.5) is 0 Å². The Labute approximate surface area is 279 Å². The predicted octanol–water partition coefficient (Wildman–Crippen LogP) is 9.05. The maximum atomic E-state index is 9.03. The van der Waals surface area contributed by atoms with Crippen molar-refractivity contribution in [1.82, 2.24) is 0 Å². The Kier molecular flexibility index (Phi) is 9.70. The Bertz CT molecular complexity index is 1510. The lowest BCUT2D eigenvalue weighted by Gasteiger charge is -2.45. The van der Waals surface area contributed by atoms with Gasteiger partial charge in [-0.05, 0) is 91.3 Å². The van der Waals surface area contributed by atoms with E-state index in [1.54, 1.807) is 0 Å². The van der Waals surface area contributed by atoms with Crippen molar-refractivity contribution >= 4 is 69.6 Å². The van der Waals surface area contributed by atoms with Crippen molar-refractivity contribution in [3.05, 3.63) is 194 Å². The third-order valence-electron chi connectivity index (χ3n) is 8.44. The van der Waals surface area contributed by atoms with Crippen LogP contribution in [0.15, 0.2) is 194 Å². The molecule has 6 aromatic rings. The van der Waals surface area contributed by atoms with Crippen LogP contribution in [0.1, 0.15) is 6.92 Å². The lowest BCUT2D eigenvalue weighted by molar-refractivity contribution is 1.29. The maximum Gasteiger partial charge on any atom is 0.295 e. The molecule has 0 aliphatic carbocycles. The molecule has 0 aliphatic rings. The summed E-state index contributed by atoms with van der Waals surface area (Å²) < 4.78 is -0.979. The molecule has 4 heteroatoms. The molecule has 0 saturated carbocycles. The van der Waals surface area contributed by atoms with Gasteiger partial charge < -0.3 is 0 Å². The highest BCUT2D eigenvalue weighted by Crippen LogP contribution is 2.86. The number of rotatable bonds is 10. The molecule has 0 fully saturated rings. The zero-order valence-electron chi connectivity index (χ0n) is 25.3. The highest BCUT2D eigenvalue weighted by molar-refractivity contribution is 8.14. The van der Waals surface area contributed by atoms with Gasteiger partial charge in [0.05, 0.1) is 0 Å². The van der Waals surface area contributed by atoms with Gasteiger partial charge in [-0.1, -0.05) is 115 Å². The van der Waals surface area contributed by atoms with E-state index in [0.29, 0.717) is 5.88 Å². The topological polar surface area (TPSA) is 0 Å². The smallest absolute Gasteiger partial charge is 0.122 e. The first-order valence-electron chi connectivity index (χ1n) is 15.1. The summed E-state index contributed by atoms with van der Waals surface area (Å²) in [4.78, 5) is 0. The fourth-order valence-corrected chi connectivity index (χ4v) is 21.1. The van der Waals surface area contributed by atoms with E-state index < -0.39 is 18.9 Å². The van der Waals surface area contributed by atoms with E-state index in [1.165, 1.54) is 31.8 Å². The van der Waals surface area contributed by atoms with Crippen LogP contribution in [0.25, 0.3) is 0 Å². The van der Waals surface area contributed by atoms with E-state index in [4.69, 9.17) is 23.2 Å². The Hall–Kier alpha value is -3.50. The summed E-state index contributed by atoms with van der Waals surface area (Å²) in [5.41, 5.74) is 1.05. The fourth-order valence-electron chi connectivity index (χ4n) is 6.66. The summed E-state index contributed by atoms with van der Waals surface area (Å²) in [5.74, 6) is 0.380. The first-order chi connectivity index (χ1) is 22.1. The standard InChI is InChI=1S/C41H36Cl2P2/c1-34(33-42)32-41(43,44(35-20-8-2-9-21-35,36-22-10-3-11-23-36)37-24-12-4-13-25-37)45(38-26-14-5-15-27-38,39-28-16-6-17-29-39)40-30-18-7-19-31-40/h2-32H,33H2,1H3/q+2. The number of benzene rings is 6. The van der Waals surface area contributed by atoms with Gasteiger partial charge in [-0.25, -0.2) is 0 Å². The van der Waals surface area contributed by atoms with Crippen LogP contribution >= 0.6 is 37.7 Å². The van der Waals surface area contributed by atoms with Gasteiger partial charge in [0.2, 0.25) is 0 Å². The molecule has 0 bridgehead atoms. The molecule has 0 spiro atoms. The average molecular weight is 662 g/mol. The summed E-state index contributed by atoms with van der Waals surface area (Å²) in [7, 11) is -5.56. The quantitative estimate of drug-likeness (QED) is 0.0781. The van der Waals surface area contributed by atoms with E-state index in [1.807, 2.05) is 0 Å². The fraction of sp³-hybridized carbons (Fsp3) is 0.0732. The Morgan fingerprint density at radius 1 is 0.444 bits per heavy atom. The molecule has 0 atom stereocenters. The zero-order valence-corrected chi connectivity index (χ0v) is 28.6. The van der Waals surface area contributed by atoms with Crippen LogP contribution in [0.5, 0.6) is 0 Å². The van der Waals surface area contributed by atoms with Crippen molar-refractivity contribution in [2.45, 2.75) is 11.3 Å². The van der Waals surface area contributed by atoms with Crippen LogP contribution in [0.3, 0.4) is 0 Å². The molecular weight excluding hydrogens is 625 g/mol. The third kappa shape index (κ3) is 5.39. The van der Waals surface area contributed by atoms with Crippen molar-refractivity contribution in [1.29, 1.82) is 0 Å².